The normalized spacial score (nSPS) is 21.8. The van der Waals surface area contributed by atoms with Crippen LogP contribution in [0.3, 0.4) is 0 Å². The molecule has 0 aromatic heterocycles. The molecule has 90 valence electrons. The van der Waals surface area contributed by atoms with E-state index in [-0.39, 0.29) is 11.7 Å². The van der Waals surface area contributed by atoms with E-state index in [1.807, 2.05) is 13.8 Å². The van der Waals surface area contributed by atoms with Crippen molar-refractivity contribution in [1.82, 2.24) is 0 Å². The van der Waals surface area contributed by atoms with E-state index in [2.05, 4.69) is 19.6 Å². The fourth-order valence-electron chi connectivity index (χ4n) is 1.17. The van der Waals surface area contributed by atoms with Crippen LogP contribution in [0.5, 0.6) is 0 Å². The highest BCUT2D eigenvalue weighted by molar-refractivity contribution is 6.76. The third kappa shape index (κ3) is 5.66. The molecule has 1 fully saturated rings. The number of epoxide rings is 1. The van der Waals surface area contributed by atoms with Crippen molar-refractivity contribution in [2.24, 2.45) is 0 Å². The van der Waals surface area contributed by atoms with E-state index < -0.39 is 8.07 Å². The molecule has 1 aliphatic heterocycles. The number of rotatable bonds is 7. The molecule has 0 aromatic rings. The van der Waals surface area contributed by atoms with Crippen LogP contribution >= 0.6 is 0 Å². The lowest BCUT2D eigenvalue weighted by atomic mass is 10.1. The van der Waals surface area contributed by atoms with Crippen molar-refractivity contribution >= 4 is 8.07 Å². The fraction of sp³-hybridized carbons (Fsp3) is 1.00. The Labute approximate surface area is 94.1 Å². The van der Waals surface area contributed by atoms with Crippen LogP contribution in [0, 0.1) is 0 Å². The van der Waals surface area contributed by atoms with E-state index in [1.165, 1.54) is 6.04 Å². The predicted octanol–water partition coefficient (Wildman–Crippen LogP) is 2.49. The Hall–Kier alpha value is 0.0969. The van der Waals surface area contributed by atoms with Crippen molar-refractivity contribution < 1.29 is 14.2 Å². The molecule has 3 nitrogen and oxygen atoms in total. The summed E-state index contributed by atoms with van der Waals surface area (Å²) >= 11 is 0. The second kappa shape index (κ2) is 4.95. The van der Waals surface area contributed by atoms with Crippen LogP contribution in [0.25, 0.3) is 0 Å². The smallest absolute Gasteiger partial charge is 0.147 e. The van der Waals surface area contributed by atoms with Crippen LogP contribution in [0.1, 0.15) is 13.8 Å². The molecule has 0 amide bonds. The molecule has 15 heavy (non-hydrogen) atoms. The number of ether oxygens (including phenoxy) is 3. The van der Waals surface area contributed by atoms with Gasteiger partial charge in [-0.15, -0.1) is 0 Å². The van der Waals surface area contributed by atoms with Gasteiger partial charge in [-0.1, -0.05) is 19.6 Å². The molecule has 4 heteroatoms. The summed E-state index contributed by atoms with van der Waals surface area (Å²) in [5.41, 5.74) is -0.195. The summed E-state index contributed by atoms with van der Waals surface area (Å²) in [6.07, 6.45) is 0.262. The van der Waals surface area contributed by atoms with E-state index in [4.69, 9.17) is 14.2 Å². The summed E-state index contributed by atoms with van der Waals surface area (Å²) in [6.45, 7) is 13.2. The van der Waals surface area contributed by atoms with Gasteiger partial charge in [0, 0.05) is 14.7 Å². The Morgan fingerprint density at radius 1 is 1.33 bits per heavy atom. The van der Waals surface area contributed by atoms with Crippen LogP contribution < -0.4 is 0 Å². The second-order valence-electron chi connectivity index (χ2n) is 5.91. The Morgan fingerprint density at radius 2 is 1.93 bits per heavy atom. The van der Waals surface area contributed by atoms with Gasteiger partial charge in [-0.3, -0.25) is 0 Å². The molecule has 1 aliphatic rings. The molecule has 0 bridgehead atoms. The first kappa shape index (κ1) is 13.2. The van der Waals surface area contributed by atoms with Gasteiger partial charge < -0.3 is 14.2 Å². The van der Waals surface area contributed by atoms with Crippen molar-refractivity contribution in [3.8, 4) is 0 Å². The predicted molar refractivity (Wildman–Crippen MR) is 63.9 cm³/mol. The summed E-state index contributed by atoms with van der Waals surface area (Å²) in [6, 6.07) is 1.19. The molecule has 1 saturated heterocycles. The van der Waals surface area contributed by atoms with Crippen molar-refractivity contribution in [2.75, 3.05) is 20.0 Å². The summed E-state index contributed by atoms with van der Waals surface area (Å²) in [5, 5.41) is 0. The molecule has 0 unspecified atom stereocenters. The first-order valence-electron chi connectivity index (χ1n) is 5.65. The summed E-state index contributed by atoms with van der Waals surface area (Å²) < 4.78 is 16.3. The zero-order valence-corrected chi connectivity index (χ0v) is 11.6. The molecule has 0 saturated carbocycles. The molecule has 0 aliphatic carbocycles. The molecular formula is C11H24O3Si. The van der Waals surface area contributed by atoms with E-state index in [0.717, 1.165) is 13.2 Å². The van der Waals surface area contributed by atoms with Gasteiger partial charge in [0.1, 0.15) is 12.9 Å². The fourth-order valence-corrected chi connectivity index (χ4v) is 1.93. The maximum atomic E-state index is 5.64. The maximum absolute atomic E-state index is 5.64. The van der Waals surface area contributed by atoms with Crippen molar-refractivity contribution in [1.29, 1.82) is 0 Å². The average Bonchev–Trinajstić information content (AvgIpc) is 2.82. The van der Waals surface area contributed by atoms with Crippen LogP contribution in [-0.4, -0.2) is 39.8 Å². The summed E-state index contributed by atoms with van der Waals surface area (Å²) in [4.78, 5) is 0. The Morgan fingerprint density at radius 3 is 2.40 bits per heavy atom. The third-order valence-corrected chi connectivity index (χ3v) is 4.32. The zero-order valence-electron chi connectivity index (χ0n) is 10.6. The Kier molecular flexibility index (Phi) is 4.35. The van der Waals surface area contributed by atoms with Gasteiger partial charge in [0.15, 0.2) is 0 Å². The zero-order chi connectivity index (χ0) is 11.5. The van der Waals surface area contributed by atoms with Gasteiger partial charge in [0.25, 0.3) is 0 Å². The van der Waals surface area contributed by atoms with Gasteiger partial charge in [-0.2, -0.15) is 0 Å². The van der Waals surface area contributed by atoms with Gasteiger partial charge in [-0.05, 0) is 19.9 Å². The first-order valence-corrected chi connectivity index (χ1v) is 9.35. The van der Waals surface area contributed by atoms with Crippen molar-refractivity contribution in [3.63, 3.8) is 0 Å². The van der Waals surface area contributed by atoms with E-state index >= 15 is 0 Å². The minimum Gasteiger partial charge on any atom is -0.370 e. The van der Waals surface area contributed by atoms with Gasteiger partial charge >= 0.3 is 0 Å². The molecule has 1 rings (SSSR count). The highest BCUT2D eigenvalue weighted by Crippen LogP contribution is 2.27. The SMILES string of the molecule is CC(C)(OCOCC[Si](C)(C)C)[C@@H]1CO1. The lowest BCUT2D eigenvalue weighted by molar-refractivity contribution is -0.133. The molecule has 0 spiro atoms. The van der Waals surface area contributed by atoms with Crippen molar-refractivity contribution in [2.45, 2.75) is 51.2 Å². The van der Waals surface area contributed by atoms with E-state index in [1.54, 1.807) is 0 Å². The Bertz CT molecular complexity index is 194. The third-order valence-electron chi connectivity index (χ3n) is 2.62. The minimum absolute atomic E-state index is 0.195. The second-order valence-corrected chi connectivity index (χ2v) is 11.5. The van der Waals surface area contributed by atoms with Crippen LogP contribution in [0.15, 0.2) is 0 Å². The summed E-state index contributed by atoms with van der Waals surface area (Å²) in [7, 11) is -0.968. The largest absolute Gasteiger partial charge is 0.370 e. The highest BCUT2D eigenvalue weighted by Gasteiger charge is 2.40. The maximum Gasteiger partial charge on any atom is 0.147 e. The minimum atomic E-state index is -0.968. The summed E-state index contributed by atoms with van der Waals surface area (Å²) in [5.74, 6) is 0. The molecule has 1 heterocycles. The lowest BCUT2D eigenvalue weighted by Gasteiger charge is -2.23. The van der Waals surface area contributed by atoms with E-state index in [9.17, 15) is 0 Å². The molecular weight excluding hydrogens is 208 g/mol. The quantitative estimate of drug-likeness (QED) is 0.292. The first-order chi connectivity index (χ1) is 6.81. The molecule has 1 atom stereocenters. The van der Waals surface area contributed by atoms with Gasteiger partial charge in [0.2, 0.25) is 0 Å². The number of hydrogen-bond acceptors (Lipinski definition) is 3. The van der Waals surface area contributed by atoms with Crippen LogP contribution in [0.2, 0.25) is 25.7 Å². The van der Waals surface area contributed by atoms with Crippen LogP contribution in [0.4, 0.5) is 0 Å². The molecule has 0 N–H and O–H groups in total. The van der Waals surface area contributed by atoms with Gasteiger partial charge in [-0.25, -0.2) is 0 Å². The molecule has 0 aromatic carbocycles. The standard InChI is InChI=1S/C11H24O3Si/c1-11(2,10-8-13-10)14-9-12-6-7-15(3,4)5/h10H,6-9H2,1-5H3/t10-/m0/s1. The number of hydrogen-bond donors (Lipinski definition) is 0. The monoisotopic (exact) mass is 232 g/mol. The average molecular weight is 232 g/mol. The topological polar surface area (TPSA) is 31.0 Å². The van der Waals surface area contributed by atoms with Gasteiger partial charge in [0.05, 0.1) is 12.2 Å². The van der Waals surface area contributed by atoms with E-state index in [0.29, 0.717) is 6.79 Å². The Balaban J connectivity index is 2.01. The molecule has 0 radical (unpaired) electrons. The van der Waals surface area contributed by atoms with Crippen LogP contribution in [-0.2, 0) is 14.2 Å². The lowest BCUT2D eigenvalue weighted by Crippen LogP contribution is -2.32. The van der Waals surface area contributed by atoms with Crippen molar-refractivity contribution in [3.05, 3.63) is 0 Å². The highest BCUT2D eigenvalue weighted by atomic mass is 28.3.